The minimum absolute atomic E-state index is 0.308. The van der Waals surface area contributed by atoms with E-state index in [0.29, 0.717) is 18.4 Å². The van der Waals surface area contributed by atoms with Crippen molar-refractivity contribution in [3.8, 4) is 0 Å². The predicted octanol–water partition coefficient (Wildman–Crippen LogP) is 3.08. The minimum Gasteiger partial charge on any atom is -0.468 e. The number of rotatable bonds is 3. The van der Waals surface area contributed by atoms with Crippen molar-refractivity contribution in [1.82, 2.24) is 0 Å². The van der Waals surface area contributed by atoms with Crippen LogP contribution in [0.1, 0.15) is 12.5 Å². The molecule has 92 valence electrons. The van der Waals surface area contributed by atoms with E-state index in [1.807, 2.05) is 30.3 Å². The molecule has 1 aromatic carbocycles. The van der Waals surface area contributed by atoms with Gasteiger partial charge in [0.25, 0.3) is 5.23 Å². The number of hydrogen-bond acceptors (Lipinski definition) is 4. The van der Waals surface area contributed by atoms with Gasteiger partial charge in [-0.2, -0.15) is 0 Å². The molecule has 17 heavy (non-hydrogen) atoms. The van der Waals surface area contributed by atoms with E-state index in [1.54, 1.807) is 13.2 Å². The van der Waals surface area contributed by atoms with Crippen molar-refractivity contribution < 1.29 is 14.3 Å². The second-order valence-corrected chi connectivity index (χ2v) is 3.81. The van der Waals surface area contributed by atoms with E-state index in [-0.39, 0.29) is 0 Å². The molecule has 0 atom stereocenters. The SMILES string of the molecule is CCOC(=O)/N=C(\OCc1ccccc1)SC. The molecule has 0 aliphatic rings. The van der Waals surface area contributed by atoms with Gasteiger partial charge in [0.15, 0.2) is 0 Å². The molecule has 0 aliphatic heterocycles. The molecule has 0 aromatic heterocycles. The van der Waals surface area contributed by atoms with Crippen LogP contribution < -0.4 is 0 Å². The summed E-state index contributed by atoms with van der Waals surface area (Å²) in [5, 5.41) is 0.312. The zero-order valence-corrected chi connectivity index (χ0v) is 10.7. The summed E-state index contributed by atoms with van der Waals surface area (Å²) >= 11 is 1.27. The van der Waals surface area contributed by atoms with Gasteiger partial charge in [-0.1, -0.05) is 42.1 Å². The summed E-state index contributed by atoms with van der Waals surface area (Å²) in [6.45, 7) is 2.43. The highest BCUT2D eigenvalue weighted by Gasteiger charge is 2.04. The Morgan fingerprint density at radius 3 is 2.59 bits per heavy atom. The molecule has 0 aliphatic carbocycles. The number of nitrogens with zero attached hydrogens (tertiary/aromatic N) is 1. The fraction of sp³-hybridized carbons (Fsp3) is 0.333. The van der Waals surface area contributed by atoms with Crippen LogP contribution in [0.4, 0.5) is 4.79 Å². The number of carbonyl (C=O) groups excluding carboxylic acids is 1. The zero-order valence-electron chi connectivity index (χ0n) is 9.88. The summed E-state index contributed by atoms with van der Waals surface area (Å²) in [5.74, 6) is 0. The summed E-state index contributed by atoms with van der Waals surface area (Å²) in [6, 6.07) is 9.69. The van der Waals surface area contributed by atoms with Gasteiger partial charge in [-0.3, -0.25) is 0 Å². The molecule has 4 nitrogen and oxygen atoms in total. The van der Waals surface area contributed by atoms with Gasteiger partial charge < -0.3 is 9.47 Å². The van der Waals surface area contributed by atoms with Crippen molar-refractivity contribution in [2.75, 3.05) is 12.9 Å². The highest BCUT2D eigenvalue weighted by molar-refractivity contribution is 8.13. The first-order chi connectivity index (χ1) is 8.26. The monoisotopic (exact) mass is 253 g/mol. The molecule has 0 radical (unpaired) electrons. The number of hydrogen-bond donors (Lipinski definition) is 0. The van der Waals surface area contributed by atoms with Crippen LogP contribution in [0, 0.1) is 0 Å². The van der Waals surface area contributed by atoms with E-state index in [9.17, 15) is 4.79 Å². The average molecular weight is 253 g/mol. The molecular formula is C12H15NO3S. The number of thioether (sulfide) groups is 1. The second kappa shape index (κ2) is 7.73. The first-order valence-corrected chi connectivity index (χ1v) is 6.45. The second-order valence-electron chi connectivity index (χ2n) is 3.06. The number of amides is 1. The number of aliphatic imine (C=N–C) groups is 1. The van der Waals surface area contributed by atoms with Crippen LogP contribution in [-0.2, 0) is 16.1 Å². The molecule has 0 fully saturated rings. The maximum Gasteiger partial charge on any atom is 0.437 e. The summed E-state index contributed by atoms with van der Waals surface area (Å²) < 4.78 is 10.1. The van der Waals surface area contributed by atoms with Crippen molar-refractivity contribution >= 4 is 23.1 Å². The van der Waals surface area contributed by atoms with Crippen molar-refractivity contribution in [2.45, 2.75) is 13.5 Å². The van der Waals surface area contributed by atoms with Gasteiger partial charge in [0.05, 0.1) is 6.61 Å². The average Bonchev–Trinajstić information content (AvgIpc) is 2.36. The molecule has 1 rings (SSSR count). The Kier molecular flexibility index (Phi) is 6.17. The largest absolute Gasteiger partial charge is 0.468 e. The molecule has 0 bridgehead atoms. The molecule has 0 unspecified atom stereocenters. The summed E-state index contributed by atoms with van der Waals surface area (Å²) in [5.41, 5.74) is 1.03. The fourth-order valence-corrected chi connectivity index (χ4v) is 1.43. The third-order valence-electron chi connectivity index (χ3n) is 1.83. The van der Waals surface area contributed by atoms with Crippen molar-refractivity contribution in [2.24, 2.45) is 4.99 Å². The van der Waals surface area contributed by atoms with Crippen LogP contribution in [0.15, 0.2) is 35.3 Å². The Bertz CT molecular complexity index is 379. The van der Waals surface area contributed by atoms with Crippen molar-refractivity contribution in [3.63, 3.8) is 0 Å². The van der Waals surface area contributed by atoms with Gasteiger partial charge in [0, 0.05) is 0 Å². The van der Waals surface area contributed by atoms with E-state index in [0.717, 1.165) is 5.56 Å². The molecule has 5 heteroatoms. The Morgan fingerprint density at radius 1 is 1.29 bits per heavy atom. The van der Waals surface area contributed by atoms with Gasteiger partial charge in [0.1, 0.15) is 6.61 Å². The lowest BCUT2D eigenvalue weighted by atomic mass is 10.2. The summed E-state index contributed by atoms with van der Waals surface area (Å²) in [6.07, 6.45) is 1.17. The molecule has 1 amide bonds. The Morgan fingerprint density at radius 2 is 2.00 bits per heavy atom. The van der Waals surface area contributed by atoms with E-state index in [2.05, 4.69) is 4.99 Å². The van der Waals surface area contributed by atoms with Gasteiger partial charge >= 0.3 is 6.09 Å². The summed E-state index contributed by atoms with van der Waals surface area (Å²) in [7, 11) is 0. The van der Waals surface area contributed by atoms with E-state index < -0.39 is 6.09 Å². The van der Waals surface area contributed by atoms with Crippen molar-refractivity contribution in [1.29, 1.82) is 0 Å². The molecule has 0 spiro atoms. The van der Waals surface area contributed by atoms with Crippen LogP contribution in [0.3, 0.4) is 0 Å². The van der Waals surface area contributed by atoms with E-state index >= 15 is 0 Å². The Labute approximate surface area is 105 Å². The van der Waals surface area contributed by atoms with Gasteiger partial charge in [0.2, 0.25) is 0 Å². The third-order valence-corrected chi connectivity index (χ3v) is 2.39. The Balaban J connectivity index is 2.50. The van der Waals surface area contributed by atoms with E-state index in [1.165, 1.54) is 11.8 Å². The standard InChI is InChI=1S/C12H15NO3S/c1-3-15-11(14)13-12(17-2)16-9-10-7-5-4-6-8-10/h4-8H,3,9H2,1-2H3/b13-12+. The third kappa shape index (κ3) is 5.40. The molecule has 0 N–H and O–H groups in total. The maximum atomic E-state index is 11.1. The normalized spacial score (nSPS) is 11.1. The van der Waals surface area contributed by atoms with Crippen LogP contribution in [0.2, 0.25) is 0 Å². The van der Waals surface area contributed by atoms with Gasteiger partial charge in [-0.25, -0.2) is 4.79 Å². The smallest absolute Gasteiger partial charge is 0.437 e. The van der Waals surface area contributed by atoms with Crippen molar-refractivity contribution in [3.05, 3.63) is 35.9 Å². The quantitative estimate of drug-likeness (QED) is 0.613. The summed E-state index contributed by atoms with van der Waals surface area (Å²) in [4.78, 5) is 14.8. The van der Waals surface area contributed by atoms with Crippen LogP contribution in [0.25, 0.3) is 0 Å². The first kappa shape index (κ1) is 13.6. The fourth-order valence-electron chi connectivity index (χ4n) is 1.09. The lowest BCUT2D eigenvalue weighted by Gasteiger charge is -2.06. The highest BCUT2D eigenvalue weighted by Crippen LogP contribution is 2.07. The van der Waals surface area contributed by atoms with Crippen LogP contribution in [-0.4, -0.2) is 24.2 Å². The topological polar surface area (TPSA) is 47.9 Å². The molecule has 0 heterocycles. The molecule has 1 aromatic rings. The first-order valence-electron chi connectivity index (χ1n) is 5.22. The van der Waals surface area contributed by atoms with E-state index in [4.69, 9.17) is 9.47 Å². The van der Waals surface area contributed by atoms with Crippen LogP contribution >= 0.6 is 11.8 Å². The lowest BCUT2D eigenvalue weighted by Crippen LogP contribution is -2.06. The molecular weight excluding hydrogens is 238 g/mol. The Hall–Kier alpha value is -1.49. The maximum absolute atomic E-state index is 11.1. The molecule has 0 saturated carbocycles. The highest BCUT2D eigenvalue weighted by atomic mass is 32.2. The number of ether oxygens (including phenoxy) is 2. The van der Waals surface area contributed by atoms with Crippen LogP contribution in [0.5, 0.6) is 0 Å². The van der Waals surface area contributed by atoms with Gasteiger partial charge in [-0.15, -0.1) is 4.99 Å². The number of benzene rings is 1. The van der Waals surface area contributed by atoms with Gasteiger partial charge in [-0.05, 0) is 18.7 Å². The minimum atomic E-state index is -0.620. The zero-order chi connectivity index (χ0) is 12.5. The lowest BCUT2D eigenvalue weighted by molar-refractivity contribution is 0.162. The predicted molar refractivity (Wildman–Crippen MR) is 69.2 cm³/mol. The number of carbonyl (C=O) groups is 1. The molecule has 0 saturated heterocycles.